The second kappa shape index (κ2) is 6.03. The van der Waals surface area contributed by atoms with Crippen molar-refractivity contribution in [2.75, 3.05) is 12.4 Å². The van der Waals surface area contributed by atoms with Gasteiger partial charge in [0.05, 0.1) is 19.8 Å². The third kappa shape index (κ3) is 3.01. The Hall–Kier alpha value is -2.60. The number of amides is 1. The van der Waals surface area contributed by atoms with E-state index in [9.17, 15) is 4.79 Å². The Bertz CT molecular complexity index is 815. The molecule has 0 aliphatic rings. The zero-order valence-electron chi connectivity index (χ0n) is 11.7. The van der Waals surface area contributed by atoms with Crippen molar-refractivity contribution < 1.29 is 13.9 Å². The number of carbonyl (C=O) groups excluding carboxylic acids is 1. The summed E-state index contributed by atoms with van der Waals surface area (Å²) in [6, 6.07) is 8.61. The lowest BCUT2D eigenvalue weighted by atomic mass is 10.1. The lowest BCUT2D eigenvalue weighted by Gasteiger charge is -2.03. The lowest BCUT2D eigenvalue weighted by molar-refractivity contribution is -0.115. The molecule has 2 aromatic heterocycles. The van der Waals surface area contributed by atoms with Gasteiger partial charge in [-0.3, -0.25) is 4.79 Å². The smallest absolute Gasteiger partial charge is 0.230 e. The molecule has 3 aromatic rings. The number of rotatable bonds is 4. The molecule has 0 aliphatic carbocycles. The summed E-state index contributed by atoms with van der Waals surface area (Å²) in [5.41, 5.74) is 1.46. The standard InChI is InChI=1S/C15H12ClN3O3/c1-21-10-2-3-11-9(8-22-12(11)7-10)6-15(20)17-14-5-4-13(16)18-19-14/h2-5,7-8H,6H2,1H3,(H,17,19,20). The summed E-state index contributed by atoms with van der Waals surface area (Å²) < 4.78 is 10.6. The van der Waals surface area contributed by atoms with Gasteiger partial charge in [0.2, 0.25) is 5.91 Å². The summed E-state index contributed by atoms with van der Waals surface area (Å²) >= 11 is 5.64. The summed E-state index contributed by atoms with van der Waals surface area (Å²) in [7, 11) is 1.59. The molecule has 3 rings (SSSR count). The first-order valence-corrected chi connectivity index (χ1v) is 6.86. The van der Waals surface area contributed by atoms with Gasteiger partial charge in [0.25, 0.3) is 0 Å². The predicted octanol–water partition coefficient (Wildman–Crippen LogP) is 3.07. The summed E-state index contributed by atoms with van der Waals surface area (Å²) in [6.45, 7) is 0. The zero-order valence-corrected chi connectivity index (χ0v) is 12.4. The number of methoxy groups -OCH3 is 1. The van der Waals surface area contributed by atoms with E-state index in [0.29, 0.717) is 17.2 Å². The molecule has 0 radical (unpaired) electrons. The fourth-order valence-corrected chi connectivity index (χ4v) is 2.17. The average Bonchev–Trinajstić information content (AvgIpc) is 2.91. The largest absolute Gasteiger partial charge is 0.497 e. The minimum atomic E-state index is -0.213. The van der Waals surface area contributed by atoms with Crippen molar-refractivity contribution in [3.05, 3.63) is 47.3 Å². The quantitative estimate of drug-likeness (QED) is 0.800. The predicted molar refractivity (Wildman–Crippen MR) is 82.1 cm³/mol. The van der Waals surface area contributed by atoms with Crippen molar-refractivity contribution in [2.24, 2.45) is 0 Å². The first-order valence-electron chi connectivity index (χ1n) is 6.49. The normalized spacial score (nSPS) is 10.6. The van der Waals surface area contributed by atoms with Gasteiger partial charge in [-0.05, 0) is 24.3 Å². The van der Waals surface area contributed by atoms with Gasteiger partial charge in [-0.25, -0.2) is 0 Å². The Morgan fingerprint density at radius 1 is 1.32 bits per heavy atom. The lowest BCUT2D eigenvalue weighted by Crippen LogP contribution is -2.15. The minimum Gasteiger partial charge on any atom is -0.497 e. The molecule has 2 heterocycles. The van der Waals surface area contributed by atoms with Crippen LogP contribution in [-0.2, 0) is 11.2 Å². The highest BCUT2D eigenvalue weighted by atomic mass is 35.5. The summed E-state index contributed by atoms with van der Waals surface area (Å²) in [5.74, 6) is 0.841. The van der Waals surface area contributed by atoms with Crippen LogP contribution in [0.15, 0.2) is 41.0 Å². The van der Waals surface area contributed by atoms with Crippen LogP contribution in [0.25, 0.3) is 11.0 Å². The first-order chi connectivity index (χ1) is 10.7. The second-order valence-corrected chi connectivity index (χ2v) is 4.98. The Kier molecular flexibility index (Phi) is 3.93. The van der Waals surface area contributed by atoms with Crippen molar-refractivity contribution in [3.8, 4) is 5.75 Å². The molecule has 0 unspecified atom stereocenters. The van der Waals surface area contributed by atoms with Gasteiger partial charge in [-0.15, -0.1) is 10.2 Å². The molecular weight excluding hydrogens is 306 g/mol. The molecule has 0 aliphatic heterocycles. The van der Waals surface area contributed by atoms with Gasteiger partial charge < -0.3 is 14.5 Å². The number of furan rings is 1. The maximum atomic E-state index is 12.1. The number of hydrogen-bond acceptors (Lipinski definition) is 5. The number of nitrogens with zero attached hydrogens (tertiary/aromatic N) is 2. The molecule has 0 saturated heterocycles. The van der Waals surface area contributed by atoms with E-state index in [1.807, 2.05) is 12.1 Å². The van der Waals surface area contributed by atoms with E-state index < -0.39 is 0 Å². The van der Waals surface area contributed by atoms with Gasteiger partial charge in [-0.2, -0.15) is 0 Å². The van der Waals surface area contributed by atoms with Crippen LogP contribution in [-0.4, -0.2) is 23.2 Å². The van der Waals surface area contributed by atoms with E-state index in [-0.39, 0.29) is 17.5 Å². The summed E-state index contributed by atoms with van der Waals surface area (Å²) in [6.07, 6.45) is 1.74. The van der Waals surface area contributed by atoms with Crippen LogP contribution in [0.1, 0.15) is 5.56 Å². The molecule has 0 bridgehead atoms. The molecule has 0 saturated carbocycles. The topological polar surface area (TPSA) is 77.2 Å². The Morgan fingerprint density at radius 3 is 2.91 bits per heavy atom. The zero-order chi connectivity index (χ0) is 15.5. The van der Waals surface area contributed by atoms with E-state index in [1.165, 1.54) is 0 Å². The van der Waals surface area contributed by atoms with Crippen LogP contribution < -0.4 is 10.1 Å². The number of hydrogen-bond donors (Lipinski definition) is 1. The number of fused-ring (bicyclic) bond motifs is 1. The van der Waals surface area contributed by atoms with E-state index in [0.717, 1.165) is 10.9 Å². The second-order valence-electron chi connectivity index (χ2n) is 4.59. The highest BCUT2D eigenvalue weighted by Gasteiger charge is 2.12. The third-order valence-corrected chi connectivity index (χ3v) is 3.31. The van der Waals surface area contributed by atoms with Gasteiger partial charge in [0.1, 0.15) is 11.3 Å². The molecular formula is C15H12ClN3O3. The van der Waals surface area contributed by atoms with Gasteiger partial charge in [-0.1, -0.05) is 11.6 Å². The van der Waals surface area contributed by atoms with Crippen LogP contribution in [0.4, 0.5) is 5.82 Å². The number of carbonyl (C=O) groups is 1. The van der Waals surface area contributed by atoms with E-state index in [2.05, 4.69) is 15.5 Å². The van der Waals surface area contributed by atoms with Crippen molar-refractivity contribution in [3.63, 3.8) is 0 Å². The average molecular weight is 318 g/mol. The third-order valence-electron chi connectivity index (χ3n) is 3.11. The molecule has 0 spiro atoms. The molecule has 1 amide bonds. The monoisotopic (exact) mass is 317 g/mol. The molecule has 22 heavy (non-hydrogen) atoms. The van der Waals surface area contributed by atoms with Gasteiger partial charge in [0.15, 0.2) is 11.0 Å². The maximum absolute atomic E-state index is 12.1. The fourth-order valence-electron chi connectivity index (χ4n) is 2.07. The van der Waals surface area contributed by atoms with E-state index in [4.69, 9.17) is 20.8 Å². The summed E-state index contributed by atoms with van der Waals surface area (Å²) in [4.78, 5) is 12.1. The highest BCUT2D eigenvalue weighted by Crippen LogP contribution is 2.26. The molecule has 6 nitrogen and oxygen atoms in total. The molecule has 1 N–H and O–H groups in total. The SMILES string of the molecule is COc1ccc2c(CC(=O)Nc3ccc(Cl)nn3)coc2c1. The highest BCUT2D eigenvalue weighted by molar-refractivity contribution is 6.29. The van der Waals surface area contributed by atoms with Crippen LogP contribution in [0.5, 0.6) is 5.75 Å². The van der Waals surface area contributed by atoms with E-state index in [1.54, 1.807) is 31.6 Å². The van der Waals surface area contributed by atoms with Gasteiger partial charge >= 0.3 is 0 Å². The Balaban J connectivity index is 1.75. The minimum absolute atomic E-state index is 0.170. The van der Waals surface area contributed by atoms with Crippen LogP contribution in [0, 0.1) is 0 Å². The number of halogens is 1. The molecule has 0 atom stereocenters. The van der Waals surface area contributed by atoms with Crippen LogP contribution in [0.2, 0.25) is 5.15 Å². The van der Waals surface area contributed by atoms with Crippen molar-refractivity contribution in [2.45, 2.75) is 6.42 Å². The van der Waals surface area contributed by atoms with Gasteiger partial charge in [0, 0.05) is 17.0 Å². The maximum Gasteiger partial charge on any atom is 0.230 e. The molecule has 112 valence electrons. The Morgan fingerprint density at radius 2 is 2.18 bits per heavy atom. The van der Waals surface area contributed by atoms with Crippen molar-refractivity contribution >= 4 is 34.3 Å². The van der Waals surface area contributed by atoms with Crippen LogP contribution in [0.3, 0.4) is 0 Å². The first kappa shape index (κ1) is 14.3. The molecule has 0 fully saturated rings. The summed E-state index contributed by atoms with van der Waals surface area (Å²) in [5, 5.41) is 11.2. The number of ether oxygens (including phenoxy) is 1. The van der Waals surface area contributed by atoms with Crippen molar-refractivity contribution in [1.82, 2.24) is 10.2 Å². The van der Waals surface area contributed by atoms with E-state index >= 15 is 0 Å². The number of benzene rings is 1. The molecule has 7 heteroatoms. The Labute approximate surface area is 131 Å². The number of nitrogens with one attached hydrogen (secondary N) is 1. The fraction of sp³-hybridized carbons (Fsp3) is 0.133. The van der Waals surface area contributed by atoms with Crippen molar-refractivity contribution in [1.29, 1.82) is 0 Å². The number of aromatic nitrogens is 2. The van der Waals surface area contributed by atoms with Crippen LogP contribution >= 0.6 is 11.6 Å². The number of anilines is 1. The molecule has 1 aromatic carbocycles.